The van der Waals surface area contributed by atoms with Crippen molar-refractivity contribution >= 4 is 63.5 Å². The molecule has 9 heteroatoms. The predicted molar refractivity (Wildman–Crippen MR) is 169 cm³/mol. The van der Waals surface area contributed by atoms with Gasteiger partial charge in [-0.05, 0) is 71.9 Å². The van der Waals surface area contributed by atoms with Gasteiger partial charge in [0.15, 0.2) is 2.21 Å². The van der Waals surface area contributed by atoms with Gasteiger partial charge in [-0.1, -0.05) is 45.7 Å². The van der Waals surface area contributed by atoms with Crippen LogP contribution in [0.4, 0.5) is 4.39 Å². The van der Waals surface area contributed by atoms with Crippen molar-refractivity contribution in [3.8, 4) is 0 Å². The van der Waals surface area contributed by atoms with Gasteiger partial charge in [0, 0.05) is 49.8 Å². The molecule has 1 aromatic rings. The topological polar surface area (TPSA) is 53.0 Å². The van der Waals surface area contributed by atoms with E-state index in [4.69, 9.17) is 4.99 Å². The van der Waals surface area contributed by atoms with Crippen LogP contribution in [0.2, 0.25) is 0 Å². The van der Waals surface area contributed by atoms with E-state index in [-0.39, 0.29) is 31.6 Å². The second kappa shape index (κ2) is 15.4. The van der Waals surface area contributed by atoms with E-state index < -0.39 is 0 Å². The lowest BCUT2D eigenvalue weighted by molar-refractivity contribution is -0.131. The van der Waals surface area contributed by atoms with Crippen LogP contribution in [0.15, 0.2) is 29.3 Å². The monoisotopic (exact) mass is 675 g/mol. The summed E-state index contributed by atoms with van der Waals surface area (Å²) in [6.07, 6.45) is 4.38. The van der Waals surface area contributed by atoms with Gasteiger partial charge in [0.25, 0.3) is 0 Å². The molecule has 0 N–H and O–H groups in total. The third kappa shape index (κ3) is 8.67. The molecule has 3 unspecified atom stereocenters. The number of fused-ring (bicyclic) bond motifs is 1. The molecular weight excluding hydrogens is 632 g/mol. The van der Waals surface area contributed by atoms with Gasteiger partial charge in [-0.15, -0.1) is 23.5 Å². The van der Waals surface area contributed by atoms with Gasteiger partial charge in [0.2, 0.25) is 5.91 Å². The molecule has 2 heterocycles. The number of hydrogen-bond acceptors (Lipinski definition) is 6. The quantitative estimate of drug-likeness (QED) is 0.0753. The molecule has 0 radical (unpaired) electrons. The molecule has 0 bridgehead atoms. The number of benzene rings is 1. The molecular formula is C29H43FIN3O2S2. The Hall–Kier alpha value is -0.650. The smallest absolute Gasteiger partial charge is 0.239 e. The van der Waals surface area contributed by atoms with Crippen molar-refractivity contribution < 1.29 is 14.0 Å². The van der Waals surface area contributed by atoms with Crippen molar-refractivity contribution in [2.24, 2.45) is 16.8 Å². The van der Waals surface area contributed by atoms with Crippen LogP contribution in [-0.4, -0.2) is 73.6 Å². The van der Waals surface area contributed by atoms with Crippen molar-refractivity contribution in [1.82, 2.24) is 9.80 Å². The normalized spacial score (nSPS) is 23.5. The van der Waals surface area contributed by atoms with Gasteiger partial charge < -0.3 is 4.90 Å². The number of aliphatic imine (C=N–C) groups is 1. The first kappa shape index (κ1) is 31.9. The van der Waals surface area contributed by atoms with E-state index >= 15 is 0 Å². The number of nitrogens with zero attached hydrogens (tertiary/aromatic N) is 3. The van der Waals surface area contributed by atoms with E-state index in [1.807, 2.05) is 54.4 Å². The summed E-state index contributed by atoms with van der Waals surface area (Å²) >= 11 is 6.17. The lowest BCUT2D eigenvalue weighted by atomic mass is 9.75. The lowest BCUT2D eigenvalue weighted by Gasteiger charge is -2.36. The fraction of sp³-hybridized carbons (Fsp3) is 0.690. The Kier molecular flexibility index (Phi) is 12.9. The number of ketones is 1. The number of thioether (sulfide) groups is 2. The molecule has 3 rings (SSSR count). The van der Waals surface area contributed by atoms with Crippen LogP contribution in [-0.2, 0) is 9.59 Å². The first-order chi connectivity index (χ1) is 18.2. The molecule has 2 saturated heterocycles. The number of alkyl halides is 1. The SMILES string of the molecule is CCC[C@@H](C)CC(c1ccc(F)cc1)C(C(=O)CC)/C(C)=N/CCCN1CCSC2(I)SCCN2C(=O)C1. The highest BCUT2D eigenvalue weighted by Gasteiger charge is 2.44. The molecule has 1 amide bonds. The van der Waals surface area contributed by atoms with Gasteiger partial charge in [0.05, 0.1) is 12.5 Å². The van der Waals surface area contributed by atoms with Crippen molar-refractivity contribution in [3.63, 3.8) is 0 Å². The molecule has 0 aliphatic carbocycles. The predicted octanol–water partition coefficient (Wildman–Crippen LogP) is 6.85. The van der Waals surface area contributed by atoms with Gasteiger partial charge in [0.1, 0.15) is 11.6 Å². The van der Waals surface area contributed by atoms with Crippen LogP contribution < -0.4 is 0 Å². The maximum absolute atomic E-state index is 13.7. The van der Waals surface area contributed by atoms with E-state index in [0.29, 0.717) is 25.4 Å². The van der Waals surface area contributed by atoms with Crippen LogP contribution >= 0.6 is 46.1 Å². The molecule has 4 atom stereocenters. The summed E-state index contributed by atoms with van der Waals surface area (Å²) in [6, 6.07) is 6.67. The fourth-order valence-electron chi connectivity index (χ4n) is 5.55. The summed E-state index contributed by atoms with van der Waals surface area (Å²) in [5.74, 6) is 2.32. The Morgan fingerprint density at radius 1 is 1.18 bits per heavy atom. The van der Waals surface area contributed by atoms with E-state index in [1.165, 1.54) is 12.1 Å². The Balaban J connectivity index is 1.67. The van der Waals surface area contributed by atoms with Crippen LogP contribution in [0.3, 0.4) is 0 Å². The average Bonchev–Trinajstić information content (AvgIpc) is 3.26. The Labute approximate surface area is 250 Å². The van der Waals surface area contributed by atoms with Crippen molar-refractivity contribution in [2.45, 2.75) is 67.9 Å². The Morgan fingerprint density at radius 2 is 1.87 bits per heavy atom. The van der Waals surface area contributed by atoms with Gasteiger partial charge in [-0.25, -0.2) is 4.39 Å². The van der Waals surface area contributed by atoms with Gasteiger partial charge in [-0.3, -0.25) is 19.5 Å². The van der Waals surface area contributed by atoms with Crippen molar-refractivity contribution in [3.05, 3.63) is 35.6 Å². The van der Waals surface area contributed by atoms with E-state index in [1.54, 1.807) is 0 Å². The lowest BCUT2D eigenvalue weighted by Crippen LogP contribution is -2.48. The summed E-state index contributed by atoms with van der Waals surface area (Å²) in [6.45, 7) is 12.0. The summed E-state index contributed by atoms with van der Waals surface area (Å²) in [5, 5.41) is 0. The standard InChI is InChI=1S/C29H43FIN3O2S2/c1-5-8-21(3)19-25(23-9-11-24(30)12-10-23)28(26(35)6-2)22(4)32-13-7-14-33-15-17-37-29(31)34(16-18-38-29)27(36)20-33/h9-12,21,25,28H,5-8,13-20H2,1-4H3/b32-22+/t21-,25?,28?,29?/m1/s1. The molecule has 1 aromatic carbocycles. The summed E-state index contributed by atoms with van der Waals surface area (Å²) in [4.78, 5) is 35.4. The zero-order valence-corrected chi connectivity index (χ0v) is 27.0. The van der Waals surface area contributed by atoms with Crippen molar-refractivity contribution in [2.75, 3.05) is 44.2 Å². The first-order valence-electron chi connectivity index (χ1n) is 14.0. The average molecular weight is 676 g/mol. The highest BCUT2D eigenvalue weighted by atomic mass is 127. The third-order valence-electron chi connectivity index (χ3n) is 7.54. The Morgan fingerprint density at radius 3 is 2.53 bits per heavy atom. The molecule has 0 aromatic heterocycles. The third-order valence-corrected chi connectivity index (χ3v) is 12.6. The van der Waals surface area contributed by atoms with E-state index in [0.717, 1.165) is 68.1 Å². The first-order valence-corrected chi connectivity index (χ1v) is 17.0. The molecule has 5 nitrogen and oxygen atoms in total. The van der Waals surface area contributed by atoms with Crippen molar-refractivity contribution in [1.29, 1.82) is 0 Å². The summed E-state index contributed by atoms with van der Waals surface area (Å²) in [7, 11) is 0. The molecule has 2 aliphatic rings. The number of halogens is 2. The van der Waals surface area contributed by atoms with Crippen LogP contribution in [0, 0.1) is 17.7 Å². The molecule has 38 heavy (non-hydrogen) atoms. The molecule has 212 valence electrons. The zero-order chi connectivity index (χ0) is 27.7. The van der Waals surface area contributed by atoms with Crippen LogP contribution in [0.5, 0.6) is 0 Å². The van der Waals surface area contributed by atoms with Gasteiger partial charge in [-0.2, -0.15) is 0 Å². The van der Waals surface area contributed by atoms with Crippen LogP contribution in [0.25, 0.3) is 0 Å². The minimum atomic E-state index is -0.297. The maximum Gasteiger partial charge on any atom is 0.239 e. The zero-order valence-electron chi connectivity index (χ0n) is 23.3. The number of carbonyl (C=O) groups is 2. The van der Waals surface area contributed by atoms with E-state index in [9.17, 15) is 14.0 Å². The molecule has 0 spiro atoms. The Bertz CT molecular complexity index is 964. The number of rotatable bonds is 13. The molecule has 2 aliphatic heterocycles. The minimum Gasteiger partial charge on any atom is -0.309 e. The number of carbonyl (C=O) groups excluding carboxylic acids is 2. The second-order valence-corrected chi connectivity index (χ2v) is 16.3. The largest absolute Gasteiger partial charge is 0.309 e. The number of amides is 1. The van der Waals surface area contributed by atoms with Crippen LogP contribution in [0.1, 0.15) is 71.3 Å². The molecule has 2 fully saturated rings. The highest BCUT2D eigenvalue weighted by molar-refractivity contribution is 14.1. The highest BCUT2D eigenvalue weighted by Crippen LogP contribution is 2.51. The maximum atomic E-state index is 13.7. The second-order valence-electron chi connectivity index (χ2n) is 10.5. The minimum absolute atomic E-state index is 0.00997. The van der Waals surface area contributed by atoms with E-state index in [2.05, 4.69) is 41.3 Å². The fourth-order valence-corrected chi connectivity index (χ4v) is 10.0. The van der Waals surface area contributed by atoms with Gasteiger partial charge >= 0.3 is 0 Å². The summed E-state index contributed by atoms with van der Waals surface area (Å²) < 4.78 is 13.6. The summed E-state index contributed by atoms with van der Waals surface area (Å²) in [5.41, 5.74) is 1.89. The number of hydrogen-bond donors (Lipinski definition) is 0. The number of Topliss-reactive ketones (excluding diaryl/α,β-unsaturated/α-hetero) is 1. The molecule has 0 saturated carbocycles.